The van der Waals surface area contributed by atoms with Crippen molar-refractivity contribution in [3.05, 3.63) is 0 Å². The van der Waals surface area contributed by atoms with Gasteiger partial charge in [-0.1, -0.05) is 20.8 Å². The molecule has 0 saturated heterocycles. The zero-order chi connectivity index (χ0) is 8.20. The zero-order valence-electron chi connectivity index (χ0n) is 8.50. The van der Waals surface area contributed by atoms with Gasteiger partial charge in [-0.2, -0.15) is 0 Å². The molecule has 0 aromatic carbocycles. The summed E-state index contributed by atoms with van der Waals surface area (Å²) in [5.41, 5.74) is 0.542. The van der Waals surface area contributed by atoms with E-state index in [1.807, 2.05) is 0 Å². The van der Waals surface area contributed by atoms with Crippen LogP contribution in [-0.4, -0.2) is 19.6 Å². The number of halogens is 1. The van der Waals surface area contributed by atoms with Gasteiger partial charge in [0.2, 0.25) is 0 Å². The van der Waals surface area contributed by atoms with Crippen LogP contribution in [0.2, 0.25) is 0 Å². The van der Waals surface area contributed by atoms with Crippen molar-refractivity contribution in [1.82, 2.24) is 0 Å². The van der Waals surface area contributed by atoms with E-state index in [9.17, 15) is 0 Å². The normalized spacial score (nSPS) is 11.5. The lowest BCUT2D eigenvalue weighted by Gasteiger charge is -2.34. The summed E-state index contributed by atoms with van der Waals surface area (Å²) in [4.78, 5) is 1.60. The third-order valence-electron chi connectivity index (χ3n) is 3.09. The van der Waals surface area contributed by atoms with Gasteiger partial charge in [-0.05, 0) is 19.3 Å². The molecule has 0 rings (SSSR count). The molecular formula is C9H22ClN. The van der Waals surface area contributed by atoms with Gasteiger partial charge in [-0.25, -0.2) is 0 Å². The van der Waals surface area contributed by atoms with E-state index in [1.165, 1.54) is 19.3 Å². The Morgan fingerprint density at radius 2 is 1.18 bits per heavy atom. The largest absolute Gasteiger partial charge is 1.00 e. The van der Waals surface area contributed by atoms with Gasteiger partial charge in [0.1, 0.15) is 0 Å². The minimum absolute atomic E-state index is 0. The second kappa shape index (κ2) is 5.84. The van der Waals surface area contributed by atoms with Gasteiger partial charge in [0.25, 0.3) is 0 Å². The maximum Gasteiger partial charge on any atom is 0.0964 e. The molecule has 0 unspecified atom stereocenters. The van der Waals surface area contributed by atoms with Crippen LogP contribution in [0.5, 0.6) is 0 Å². The Labute approximate surface area is 77.6 Å². The quantitative estimate of drug-likeness (QED) is 0.515. The predicted octanol–water partition coefficient (Wildman–Crippen LogP) is -1.90. The molecule has 0 aliphatic rings. The van der Waals surface area contributed by atoms with E-state index in [0.717, 1.165) is 0 Å². The number of quaternary nitrogens is 1. The van der Waals surface area contributed by atoms with E-state index in [4.69, 9.17) is 0 Å². The average Bonchev–Trinajstić information content (AvgIpc) is 1.92. The number of hydrogen-bond donors (Lipinski definition) is 1. The summed E-state index contributed by atoms with van der Waals surface area (Å²) in [7, 11) is 4.52. The summed E-state index contributed by atoms with van der Waals surface area (Å²) >= 11 is 0. The highest BCUT2D eigenvalue weighted by atomic mass is 35.5. The minimum atomic E-state index is 0. The standard InChI is InChI=1S/C9H21N.ClH/c1-6-9(7-2,8-3)10(4)5;/h6-8H2,1-5H3;1H. The molecule has 0 aliphatic carbocycles. The van der Waals surface area contributed by atoms with Crippen LogP contribution in [0.25, 0.3) is 0 Å². The molecule has 0 atom stereocenters. The van der Waals surface area contributed by atoms with Crippen LogP contribution in [0.15, 0.2) is 0 Å². The molecular weight excluding hydrogens is 158 g/mol. The molecule has 0 saturated carbocycles. The Hall–Kier alpha value is 0.250. The molecule has 0 aromatic rings. The molecule has 1 N–H and O–H groups in total. The van der Waals surface area contributed by atoms with Crippen LogP contribution in [0.3, 0.4) is 0 Å². The highest BCUT2D eigenvalue weighted by Crippen LogP contribution is 2.13. The summed E-state index contributed by atoms with van der Waals surface area (Å²) in [6.45, 7) is 6.88. The summed E-state index contributed by atoms with van der Waals surface area (Å²) in [6, 6.07) is 0. The van der Waals surface area contributed by atoms with E-state index in [2.05, 4.69) is 34.9 Å². The van der Waals surface area contributed by atoms with E-state index < -0.39 is 0 Å². The molecule has 70 valence electrons. The predicted molar refractivity (Wildman–Crippen MR) is 46.4 cm³/mol. The van der Waals surface area contributed by atoms with E-state index in [1.54, 1.807) is 4.90 Å². The number of hydrogen-bond acceptors (Lipinski definition) is 0. The van der Waals surface area contributed by atoms with Crippen molar-refractivity contribution in [2.24, 2.45) is 0 Å². The van der Waals surface area contributed by atoms with Gasteiger partial charge < -0.3 is 17.3 Å². The fourth-order valence-electron chi connectivity index (χ4n) is 1.81. The Morgan fingerprint density at radius 3 is 1.18 bits per heavy atom. The third kappa shape index (κ3) is 3.00. The Bertz CT molecular complexity index is 79.3. The molecule has 1 nitrogen and oxygen atoms in total. The smallest absolute Gasteiger partial charge is 0.0964 e. The SMILES string of the molecule is CCC(CC)(CC)[NH+](C)C.[Cl-]. The summed E-state index contributed by atoms with van der Waals surface area (Å²) in [5.74, 6) is 0. The van der Waals surface area contributed by atoms with Gasteiger partial charge in [0, 0.05) is 0 Å². The highest BCUT2D eigenvalue weighted by Gasteiger charge is 2.29. The van der Waals surface area contributed by atoms with Crippen molar-refractivity contribution >= 4 is 0 Å². The van der Waals surface area contributed by atoms with Gasteiger partial charge in [-0.15, -0.1) is 0 Å². The van der Waals surface area contributed by atoms with Crippen molar-refractivity contribution in [1.29, 1.82) is 0 Å². The van der Waals surface area contributed by atoms with Crippen molar-refractivity contribution in [3.8, 4) is 0 Å². The molecule has 2 heteroatoms. The molecule has 0 amide bonds. The van der Waals surface area contributed by atoms with Crippen LogP contribution in [0, 0.1) is 0 Å². The van der Waals surface area contributed by atoms with Gasteiger partial charge in [-0.3, -0.25) is 0 Å². The molecule has 0 heterocycles. The van der Waals surface area contributed by atoms with Crippen LogP contribution in [-0.2, 0) is 0 Å². The first-order valence-electron chi connectivity index (χ1n) is 4.43. The fraction of sp³-hybridized carbons (Fsp3) is 1.00. The number of nitrogens with one attached hydrogen (secondary N) is 1. The van der Waals surface area contributed by atoms with Crippen LogP contribution < -0.4 is 17.3 Å². The van der Waals surface area contributed by atoms with Crippen molar-refractivity contribution in [3.63, 3.8) is 0 Å². The maximum absolute atomic E-state index is 2.29. The van der Waals surface area contributed by atoms with E-state index in [-0.39, 0.29) is 12.4 Å². The lowest BCUT2D eigenvalue weighted by atomic mass is 9.89. The molecule has 0 aliphatic heterocycles. The first kappa shape index (κ1) is 13.8. The van der Waals surface area contributed by atoms with Gasteiger partial charge >= 0.3 is 0 Å². The van der Waals surface area contributed by atoms with Crippen molar-refractivity contribution in [2.45, 2.75) is 45.6 Å². The topological polar surface area (TPSA) is 4.44 Å². The monoisotopic (exact) mass is 179 g/mol. The summed E-state index contributed by atoms with van der Waals surface area (Å²) < 4.78 is 0. The zero-order valence-corrected chi connectivity index (χ0v) is 9.26. The molecule has 0 aromatic heterocycles. The van der Waals surface area contributed by atoms with Crippen LogP contribution >= 0.6 is 0 Å². The lowest BCUT2D eigenvalue weighted by Crippen LogP contribution is -3.15. The fourth-order valence-corrected chi connectivity index (χ4v) is 1.81. The molecule has 0 spiro atoms. The third-order valence-corrected chi connectivity index (χ3v) is 3.09. The minimum Gasteiger partial charge on any atom is -1.00 e. The first-order valence-corrected chi connectivity index (χ1v) is 4.43. The van der Waals surface area contributed by atoms with Crippen molar-refractivity contribution < 1.29 is 17.3 Å². The first-order chi connectivity index (χ1) is 4.63. The highest BCUT2D eigenvalue weighted by molar-refractivity contribution is 4.72. The molecule has 0 radical (unpaired) electrons. The van der Waals surface area contributed by atoms with E-state index >= 15 is 0 Å². The Kier molecular flexibility index (Phi) is 7.34. The van der Waals surface area contributed by atoms with Crippen LogP contribution in [0.4, 0.5) is 0 Å². The van der Waals surface area contributed by atoms with E-state index in [0.29, 0.717) is 5.54 Å². The van der Waals surface area contributed by atoms with Gasteiger partial charge in [0.05, 0.1) is 19.6 Å². The second-order valence-electron chi connectivity index (χ2n) is 3.34. The lowest BCUT2D eigenvalue weighted by molar-refractivity contribution is -0.916. The van der Waals surface area contributed by atoms with Gasteiger partial charge in [0.15, 0.2) is 0 Å². The Balaban J connectivity index is 0. The number of rotatable bonds is 4. The summed E-state index contributed by atoms with van der Waals surface area (Å²) in [5, 5.41) is 0. The molecule has 0 fully saturated rings. The molecule has 0 bridgehead atoms. The average molecular weight is 180 g/mol. The summed E-state index contributed by atoms with van der Waals surface area (Å²) in [6.07, 6.45) is 3.88. The maximum atomic E-state index is 2.29. The Morgan fingerprint density at radius 1 is 0.909 bits per heavy atom. The second-order valence-corrected chi connectivity index (χ2v) is 3.34. The molecule has 11 heavy (non-hydrogen) atoms. The van der Waals surface area contributed by atoms with Crippen molar-refractivity contribution in [2.75, 3.05) is 14.1 Å². The van der Waals surface area contributed by atoms with Crippen LogP contribution in [0.1, 0.15) is 40.0 Å².